The highest BCUT2D eigenvalue weighted by Crippen LogP contribution is 2.17. The number of likely N-dealkylation sites (N-methyl/N-ethyl adjacent to an activating group) is 1. The van der Waals surface area contributed by atoms with Gasteiger partial charge in [-0.3, -0.25) is 9.79 Å². The normalized spacial score (nSPS) is 16.2. The third-order valence-corrected chi connectivity index (χ3v) is 5.67. The van der Waals surface area contributed by atoms with E-state index in [9.17, 15) is 4.79 Å². The predicted molar refractivity (Wildman–Crippen MR) is 142 cm³/mol. The van der Waals surface area contributed by atoms with Gasteiger partial charge >= 0.3 is 0 Å². The summed E-state index contributed by atoms with van der Waals surface area (Å²) in [6, 6.07) is 20.8. The van der Waals surface area contributed by atoms with E-state index in [-0.39, 0.29) is 29.9 Å². The number of hydrogen-bond acceptors (Lipinski definition) is 3. The lowest BCUT2D eigenvalue weighted by Crippen LogP contribution is -2.42. The Morgan fingerprint density at radius 3 is 2.38 bits per heavy atom. The summed E-state index contributed by atoms with van der Waals surface area (Å²) in [6.07, 6.45) is 1.52. The zero-order valence-electron chi connectivity index (χ0n) is 19.2. The quantitative estimate of drug-likeness (QED) is 0.272. The maximum atomic E-state index is 12.4. The van der Waals surface area contributed by atoms with Gasteiger partial charge in [0, 0.05) is 58.7 Å². The minimum atomic E-state index is 0. The molecule has 0 bridgehead atoms. The number of carbonyl (C=O) groups is 1. The van der Waals surface area contributed by atoms with E-state index in [4.69, 9.17) is 0 Å². The van der Waals surface area contributed by atoms with E-state index < -0.39 is 0 Å². The van der Waals surface area contributed by atoms with Crippen LogP contribution in [0.1, 0.15) is 17.5 Å². The van der Waals surface area contributed by atoms with Crippen molar-refractivity contribution in [3.8, 4) is 0 Å². The van der Waals surface area contributed by atoms with Crippen LogP contribution in [0.2, 0.25) is 0 Å². The molecule has 7 heteroatoms. The van der Waals surface area contributed by atoms with Crippen LogP contribution in [0.25, 0.3) is 0 Å². The van der Waals surface area contributed by atoms with Crippen LogP contribution in [0.5, 0.6) is 0 Å². The summed E-state index contributed by atoms with van der Waals surface area (Å²) in [5.74, 6) is 1.37. The van der Waals surface area contributed by atoms with Crippen molar-refractivity contribution in [2.45, 2.75) is 19.4 Å². The Morgan fingerprint density at radius 2 is 1.72 bits per heavy atom. The first-order chi connectivity index (χ1) is 15.1. The zero-order valence-corrected chi connectivity index (χ0v) is 21.5. The van der Waals surface area contributed by atoms with E-state index in [1.165, 1.54) is 11.1 Å². The number of nitrogens with one attached hydrogen (secondary N) is 2. The van der Waals surface area contributed by atoms with Gasteiger partial charge < -0.3 is 20.4 Å². The van der Waals surface area contributed by atoms with Crippen LogP contribution in [-0.4, -0.2) is 68.5 Å². The minimum absolute atomic E-state index is 0. The molecule has 2 aromatic carbocycles. The summed E-state index contributed by atoms with van der Waals surface area (Å²) < 4.78 is 0. The van der Waals surface area contributed by atoms with Gasteiger partial charge in [0.25, 0.3) is 0 Å². The molecule has 2 aromatic rings. The van der Waals surface area contributed by atoms with Crippen LogP contribution in [0, 0.1) is 5.92 Å². The van der Waals surface area contributed by atoms with Crippen LogP contribution in [-0.2, 0) is 17.8 Å². The molecule has 0 saturated carbocycles. The Balaban J connectivity index is 0.00000363. The fourth-order valence-corrected chi connectivity index (χ4v) is 3.92. The number of guanidine groups is 1. The summed E-state index contributed by atoms with van der Waals surface area (Å²) >= 11 is 0. The van der Waals surface area contributed by atoms with E-state index in [1.807, 2.05) is 29.2 Å². The highest BCUT2D eigenvalue weighted by molar-refractivity contribution is 14.0. The maximum absolute atomic E-state index is 12.4. The molecule has 1 aliphatic heterocycles. The average Bonchev–Trinajstić information content (AvgIpc) is 3.15. The van der Waals surface area contributed by atoms with E-state index in [0.29, 0.717) is 12.3 Å². The standard InChI is InChI=1S/C25H35N5O.HI/c1-26-25(27-14-16-29(2)19-22-11-7-4-8-12-22)28-18-23-17-24(31)30(20-23)15-13-21-9-5-3-6-10-21;/h3-12,23H,13-20H2,1-2H3,(H2,26,27,28);1H. The zero-order chi connectivity index (χ0) is 21.9. The molecule has 6 nitrogen and oxygen atoms in total. The Bertz CT molecular complexity index is 831. The van der Waals surface area contributed by atoms with Crippen LogP contribution in [0.4, 0.5) is 0 Å². The molecule has 2 N–H and O–H groups in total. The topological polar surface area (TPSA) is 60.0 Å². The number of likely N-dealkylation sites (tertiary alicyclic amines) is 1. The summed E-state index contributed by atoms with van der Waals surface area (Å²) in [5.41, 5.74) is 2.59. The molecule has 0 spiro atoms. The van der Waals surface area contributed by atoms with Gasteiger partial charge in [-0.15, -0.1) is 24.0 Å². The number of amides is 1. The van der Waals surface area contributed by atoms with E-state index in [1.54, 1.807) is 7.05 Å². The Morgan fingerprint density at radius 1 is 1.06 bits per heavy atom. The summed E-state index contributed by atoms with van der Waals surface area (Å²) in [7, 11) is 3.91. The van der Waals surface area contributed by atoms with Crippen molar-refractivity contribution in [2.75, 3.05) is 46.8 Å². The Kier molecular flexibility index (Phi) is 11.5. The number of benzene rings is 2. The van der Waals surface area contributed by atoms with E-state index >= 15 is 0 Å². The predicted octanol–water partition coefficient (Wildman–Crippen LogP) is 2.99. The average molecular weight is 550 g/mol. The fourth-order valence-electron chi connectivity index (χ4n) is 3.92. The second kappa shape index (κ2) is 14.1. The number of rotatable bonds is 10. The van der Waals surface area contributed by atoms with Crippen molar-refractivity contribution in [1.82, 2.24) is 20.4 Å². The highest BCUT2D eigenvalue weighted by Gasteiger charge is 2.29. The van der Waals surface area contributed by atoms with E-state index in [0.717, 1.165) is 51.6 Å². The minimum Gasteiger partial charge on any atom is -0.356 e. The molecule has 1 aliphatic rings. The van der Waals surface area contributed by atoms with Crippen molar-refractivity contribution in [2.24, 2.45) is 10.9 Å². The second-order valence-electron chi connectivity index (χ2n) is 8.25. The molecule has 1 atom stereocenters. The fraction of sp³-hybridized carbons (Fsp3) is 0.440. The van der Waals surface area contributed by atoms with Gasteiger partial charge in [0.15, 0.2) is 5.96 Å². The van der Waals surface area contributed by atoms with Crippen LogP contribution in [0.15, 0.2) is 65.7 Å². The maximum Gasteiger partial charge on any atom is 0.223 e. The van der Waals surface area contributed by atoms with Gasteiger partial charge in [-0.25, -0.2) is 0 Å². The number of aliphatic imine (C=N–C) groups is 1. The molecule has 1 saturated heterocycles. The number of carbonyl (C=O) groups excluding carboxylic acids is 1. The first kappa shape index (κ1) is 26.1. The molecule has 0 radical (unpaired) electrons. The number of halogens is 1. The molecule has 32 heavy (non-hydrogen) atoms. The molecule has 3 rings (SSSR count). The largest absolute Gasteiger partial charge is 0.356 e. The molecular formula is C25H36IN5O. The molecule has 0 aromatic heterocycles. The van der Waals surface area contributed by atoms with Crippen molar-refractivity contribution >= 4 is 35.8 Å². The van der Waals surface area contributed by atoms with Gasteiger partial charge in [0.2, 0.25) is 5.91 Å². The Labute approximate surface area is 209 Å². The lowest BCUT2D eigenvalue weighted by Gasteiger charge is -2.19. The Hall–Kier alpha value is -2.13. The molecule has 0 aliphatic carbocycles. The SMILES string of the molecule is CN=C(NCCN(C)Cc1ccccc1)NCC1CC(=O)N(CCc2ccccc2)C1.I. The van der Waals surface area contributed by atoms with Crippen molar-refractivity contribution in [3.05, 3.63) is 71.8 Å². The van der Waals surface area contributed by atoms with Gasteiger partial charge in [0.1, 0.15) is 0 Å². The van der Waals surface area contributed by atoms with Crippen molar-refractivity contribution in [3.63, 3.8) is 0 Å². The molecule has 1 fully saturated rings. The monoisotopic (exact) mass is 549 g/mol. The van der Waals surface area contributed by atoms with Gasteiger partial charge in [-0.1, -0.05) is 60.7 Å². The van der Waals surface area contributed by atoms with Gasteiger partial charge in [-0.2, -0.15) is 0 Å². The number of nitrogens with zero attached hydrogens (tertiary/aromatic N) is 3. The van der Waals surface area contributed by atoms with Crippen molar-refractivity contribution < 1.29 is 4.79 Å². The highest BCUT2D eigenvalue weighted by atomic mass is 127. The molecule has 1 amide bonds. The van der Waals surface area contributed by atoms with Crippen molar-refractivity contribution in [1.29, 1.82) is 0 Å². The van der Waals surface area contributed by atoms with Crippen LogP contribution < -0.4 is 10.6 Å². The molecule has 1 heterocycles. The first-order valence-corrected chi connectivity index (χ1v) is 11.1. The summed E-state index contributed by atoms with van der Waals surface area (Å²) in [6.45, 7) is 5.03. The van der Waals surface area contributed by atoms with Crippen LogP contribution in [0.3, 0.4) is 0 Å². The second-order valence-corrected chi connectivity index (χ2v) is 8.25. The van der Waals surface area contributed by atoms with Gasteiger partial charge in [0.05, 0.1) is 0 Å². The molecule has 1 unspecified atom stereocenters. The number of hydrogen-bond donors (Lipinski definition) is 2. The summed E-state index contributed by atoms with van der Waals surface area (Å²) in [4.78, 5) is 21.0. The molecular weight excluding hydrogens is 513 g/mol. The molecule has 174 valence electrons. The lowest BCUT2D eigenvalue weighted by atomic mass is 10.1. The first-order valence-electron chi connectivity index (χ1n) is 11.1. The van der Waals surface area contributed by atoms with Crippen LogP contribution >= 0.6 is 24.0 Å². The smallest absolute Gasteiger partial charge is 0.223 e. The third-order valence-electron chi connectivity index (χ3n) is 5.67. The summed E-state index contributed by atoms with van der Waals surface area (Å²) in [5, 5.41) is 6.77. The van der Waals surface area contributed by atoms with E-state index in [2.05, 4.69) is 64.0 Å². The lowest BCUT2D eigenvalue weighted by molar-refractivity contribution is -0.127. The third kappa shape index (κ3) is 8.78. The van der Waals surface area contributed by atoms with Gasteiger partial charge in [-0.05, 0) is 24.6 Å².